The maximum absolute atomic E-state index is 13.4. The smallest absolute Gasteiger partial charge is 0.417 e. The number of fused-ring (bicyclic) bond motifs is 2. The quantitative estimate of drug-likeness (QED) is 0.104. The fourth-order valence-electron chi connectivity index (χ4n) is 3.92. The largest absolute Gasteiger partial charge is 0.491 e. The Kier molecular flexibility index (Phi) is 10.3. The Labute approximate surface area is 238 Å². The van der Waals surface area contributed by atoms with Crippen molar-refractivity contribution in [2.24, 2.45) is 0 Å². The number of benzene rings is 2. The molecule has 0 N–H and O–H groups in total. The summed E-state index contributed by atoms with van der Waals surface area (Å²) in [6.07, 6.45) is -9.36. The molecule has 0 atom stereocenters. The summed E-state index contributed by atoms with van der Waals surface area (Å²) in [5.41, 5.74) is -4.07. The van der Waals surface area contributed by atoms with E-state index in [-0.39, 0.29) is 86.3 Å². The molecule has 0 bridgehead atoms. The van der Waals surface area contributed by atoms with Crippen LogP contribution in [0.1, 0.15) is 11.1 Å². The van der Waals surface area contributed by atoms with Crippen molar-refractivity contribution < 1.29 is 58.9 Å². The van der Waals surface area contributed by atoms with Crippen molar-refractivity contribution in [3.8, 4) is 11.5 Å². The molecule has 9 nitrogen and oxygen atoms in total. The van der Waals surface area contributed by atoms with Gasteiger partial charge in [0.05, 0.1) is 50.8 Å². The molecule has 2 aromatic carbocycles. The van der Waals surface area contributed by atoms with Crippen LogP contribution < -0.4 is 20.7 Å². The number of ether oxygens (including phenoxy) is 5. The fraction of sp³-hybridized carbons (Fsp3) is 0.357. The lowest BCUT2D eigenvalue weighted by Crippen LogP contribution is -2.14. The van der Waals surface area contributed by atoms with E-state index in [9.17, 15) is 35.9 Å². The van der Waals surface area contributed by atoms with Crippen LogP contribution in [0.2, 0.25) is 0 Å². The molecule has 0 radical (unpaired) electrons. The highest BCUT2D eigenvalue weighted by atomic mass is 19.4. The first kappa shape index (κ1) is 31.8. The van der Waals surface area contributed by atoms with Gasteiger partial charge in [-0.25, -0.2) is 9.59 Å². The van der Waals surface area contributed by atoms with Gasteiger partial charge in [0.25, 0.3) is 0 Å². The van der Waals surface area contributed by atoms with Crippen molar-refractivity contribution in [3.05, 3.63) is 80.5 Å². The summed E-state index contributed by atoms with van der Waals surface area (Å²) >= 11 is 0. The Bertz CT molecular complexity index is 1520. The predicted molar refractivity (Wildman–Crippen MR) is 138 cm³/mol. The lowest BCUT2D eigenvalue weighted by Gasteiger charge is -2.13. The van der Waals surface area contributed by atoms with Gasteiger partial charge in [-0.15, -0.1) is 0 Å². The molecule has 4 aromatic rings. The minimum atomic E-state index is -4.68. The lowest BCUT2D eigenvalue weighted by molar-refractivity contribution is -0.137. The minimum Gasteiger partial charge on any atom is -0.491 e. The molecule has 0 aliphatic carbocycles. The molecule has 15 heteroatoms. The SMILES string of the molecule is O=c1ccc2c(C(F)(F)F)cc(OCCOCCOCCOCCOc3cc(C(F)(F)F)c4ccc(=O)oc4c3)cc2o1. The molecule has 0 fully saturated rings. The van der Waals surface area contributed by atoms with E-state index in [0.29, 0.717) is 0 Å². The second-order valence-electron chi connectivity index (χ2n) is 8.80. The van der Waals surface area contributed by atoms with Crippen molar-refractivity contribution in [2.75, 3.05) is 52.9 Å². The van der Waals surface area contributed by atoms with Gasteiger partial charge < -0.3 is 32.5 Å². The van der Waals surface area contributed by atoms with Gasteiger partial charge in [-0.2, -0.15) is 26.3 Å². The number of rotatable bonds is 14. The average molecular weight is 618 g/mol. The van der Waals surface area contributed by atoms with Crippen LogP contribution in [-0.4, -0.2) is 52.9 Å². The van der Waals surface area contributed by atoms with Crippen LogP contribution >= 0.6 is 0 Å². The molecule has 0 saturated heterocycles. The summed E-state index contributed by atoms with van der Waals surface area (Å²) in [5, 5.41) is -0.519. The summed E-state index contributed by atoms with van der Waals surface area (Å²) < 4.78 is 117. The molecule has 0 aliphatic heterocycles. The molecule has 2 aromatic heterocycles. The molecule has 43 heavy (non-hydrogen) atoms. The van der Waals surface area contributed by atoms with Crippen LogP contribution in [0.15, 0.2) is 67.0 Å². The van der Waals surface area contributed by atoms with Crippen molar-refractivity contribution in [1.29, 1.82) is 0 Å². The third-order valence-electron chi connectivity index (χ3n) is 5.77. The van der Waals surface area contributed by atoms with Crippen LogP contribution in [0.4, 0.5) is 26.3 Å². The number of alkyl halides is 6. The highest BCUT2D eigenvalue weighted by molar-refractivity contribution is 5.83. The van der Waals surface area contributed by atoms with E-state index in [1.807, 2.05) is 0 Å². The van der Waals surface area contributed by atoms with E-state index in [0.717, 1.165) is 36.4 Å². The summed E-state index contributed by atoms with van der Waals surface area (Å²) in [6, 6.07) is 7.92. The fourth-order valence-corrected chi connectivity index (χ4v) is 3.92. The first-order chi connectivity index (χ1) is 20.4. The maximum Gasteiger partial charge on any atom is 0.417 e. The van der Waals surface area contributed by atoms with Crippen LogP contribution in [0.5, 0.6) is 11.5 Å². The highest BCUT2D eigenvalue weighted by Gasteiger charge is 2.35. The van der Waals surface area contributed by atoms with E-state index in [2.05, 4.69) is 0 Å². The van der Waals surface area contributed by atoms with Crippen molar-refractivity contribution in [3.63, 3.8) is 0 Å². The van der Waals surface area contributed by atoms with Crippen molar-refractivity contribution in [1.82, 2.24) is 0 Å². The monoisotopic (exact) mass is 618 g/mol. The van der Waals surface area contributed by atoms with Gasteiger partial charge in [0, 0.05) is 35.0 Å². The van der Waals surface area contributed by atoms with Crippen LogP contribution in [-0.2, 0) is 26.6 Å². The zero-order chi connectivity index (χ0) is 31.0. The number of halogens is 6. The molecule has 0 spiro atoms. The predicted octanol–water partition coefficient (Wildman–Crippen LogP) is 5.44. The second kappa shape index (κ2) is 13.9. The van der Waals surface area contributed by atoms with Crippen molar-refractivity contribution >= 4 is 21.9 Å². The molecule has 0 saturated carbocycles. The Morgan fingerprint density at radius 1 is 0.512 bits per heavy atom. The molecule has 0 amide bonds. The summed E-state index contributed by atoms with van der Waals surface area (Å²) in [6.45, 7) is 0.628. The molecule has 2 heterocycles. The lowest BCUT2D eigenvalue weighted by atomic mass is 10.1. The summed E-state index contributed by atoms with van der Waals surface area (Å²) in [5.74, 6) is -0.272. The normalized spacial score (nSPS) is 12.2. The summed E-state index contributed by atoms with van der Waals surface area (Å²) in [7, 11) is 0. The molecule has 0 aliphatic rings. The third-order valence-corrected chi connectivity index (χ3v) is 5.77. The van der Waals surface area contributed by atoms with Gasteiger partial charge in [-0.3, -0.25) is 0 Å². The molecule has 4 rings (SSSR count). The van der Waals surface area contributed by atoms with Gasteiger partial charge in [0.2, 0.25) is 0 Å². The Hall–Kier alpha value is -4.08. The zero-order valence-electron chi connectivity index (χ0n) is 22.2. The minimum absolute atomic E-state index is 0.0452. The van der Waals surface area contributed by atoms with Crippen LogP contribution in [0.25, 0.3) is 21.9 Å². The highest BCUT2D eigenvalue weighted by Crippen LogP contribution is 2.38. The Morgan fingerprint density at radius 3 is 1.21 bits per heavy atom. The molecular weight excluding hydrogens is 594 g/mol. The Balaban J connectivity index is 1.09. The van der Waals surface area contributed by atoms with E-state index < -0.39 is 34.7 Å². The zero-order valence-corrected chi connectivity index (χ0v) is 22.2. The number of hydrogen-bond donors (Lipinski definition) is 0. The second-order valence-corrected chi connectivity index (χ2v) is 8.80. The van der Waals surface area contributed by atoms with Gasteiger partial charge >= 0.3 is 23.6 Å². The van der Waals surface area contributed by atoms with E-state index in [1.54, 1.807) is 0 Å². The average Bonchev–Trinajstić information content (AvgIpc) is 2.93. The summed E-state index contributed by atoms with van der Waals surface area (Å²) in [4.78, 5) is 22.8. The molecule has 232 valence electrons. The third kappa shape index (κ3) is 8.95. The van der Waals surface area contributed by atoms with Gasteiger partial charge in [0.15, 0.2) is 0 Å². The van der Waals surface area contributed by atoms with Gasteiger partial charge in [-0.1, -0.05) is 0 Å². The Morgan fingerprint density at radius 2 is 0.860 bits per heavy atom. The molecular formula is C28H24F6O9. The van der Waals surface area contributed by atoms with E-state index in [4.69, 9.17) is 32.5 Å². The topological polar surface area (TPSA) is 107 Å². The standard InChI is InChI=1S/C28H24F6O9/c29-27(30,31)21-13-17(15-23-19(21)1-3-25(35)42-23)40-11-9-38-7-5-37-6-8-39-10-12-41-18-14-22(28(32,33)34)20-2-4-26(36)43-24(20)16-18/h1-4,13-16H,5-12H2. The first-order valence-electron chi connectivity index (χ1n) is 12.7. The van der Waals surface area contributed by atoms with Crippen molar-refractivity contribution in [2.45, 2.75) is 12.4 Å². The van der Waals surface area contributed by atoms with Crippen LogP contribution in [0, 0.1) is 0 Å². The maximum atomic E-state index is 13.4. The molecule has 0 unspecified atom stereocenters. The first-order valence-corrected chi connectivity index (χ1v) is 12.7. The van der Waals surface area contributed by atoms with Crippen LogP contribution in [0.3, 0.4) is 0 Å². The van der Waals surface area contributed by atoms with E-state index >= 15 is 0 Å². The van der Waals surface area contributed by atoms with Gasteiger partial charge in [-0.05, 0) is 24.3 Å². The van der Waals surface area contributed by atoms with E-state index in [1.165, 1.54) is 12.1 Å². The number of hydrogen-bond acceptors (Lipinski definition) is 9. The van der Waals surface area contributed by atoms with Gasteiger partial charge in [0.1, 0.15) is 35.9 Å².